The number of aromatic nitrogens is 2. The maximum absolute atomic E-state index is 12.9. The molecule has 0 saturated heterocycles. The summed E-state index contributed by atoms with van der Waals surface area (Å²) in [5, 5.41) is 6.41. The van der Waals surface area contributed by atoms with Gasteiger partial charge in [0, 0.05) is 18.5 Å². The van der Waals surface area contributed by atoms with Crippen LogP contribution in [-0.2, 0) is 6.61 Å². The highest BCUT2D eigenvalue weighted by Crippen LogP contribution is 2.37. The minimum atomic E-state index is -4.21. The average Bonchev–Trinajstić information content (AvgIpc) is 3.05. The van der Waals surface area contributed by atoms with E-state index in [0.717, 1.165) is 0 Å². The first-order valence-corrected chi connectivity index (χ1v) is 8.71. The molecule has 0 spiro atoms. The van der Waals surface area contributed by atoms with Crippen molar-refractivity contribution < 1.29 is 27.2 Å². The minimum Gasteiger partial charge on any atom is -0.485 e. The summed E-state index contributed by atoms with van der Waals surface area (Å²) in [4.78, 5) is 16.3. The topological polar surface area (TPSA) is 77.2 Å². The lowest BCUT2D eigenvalue weighted by molar-refractivity contribution is -0.183. The zero-order chi connectivity index (χ0) is 19.4. The van der Waals surface area contributed by atoms with Crippen LogP contribution in [0.2, 0.25) is 0 Å². The van der Waals surface area contributed by atoms with E-state index in [1.54, 1.807) is 31.2 Å². The second kappa shape index (κ2) is 7.98. The fourth-order valence-electron chi connectivity index (χ4n) is 3.14. The van der Waals surface area contributed by atoms with Crippen molar-refractivity contribution in [3.05, 3.63) is 41.5 Å². The van der Waals surface area contributed by atoms with E-state index < -0.39 is 18.1 Å². The summed E-state index contributed by atoms with van der Waals surface area (Å²) >= 11 is 0. The van der Waals surface area contributed by atoms with Gasteiger partial charge < -0.3 is 14.6 Å². The summed E-state index contributed by atoms with van der Waals surface area (Å²) in [5.74, 6) is -0.366. The minimum absolute atomic E-state index is 0.0689. The number of aryl methyl sites for hydroxylation is 1. The van der Waals surface area contributed by atoms with Gasteiger partial charge in [-0.2, -0.15) is 18.2 Å². The van der Waals surface area contributed by atoms with Crippen LogP contribution in [0.25, 0.3) is 0 Å². The Hall–Kier alpha value is -2.58. The SMILES string of the molecule is Cc1nc(COc2ccc(C(=O)N[C@@H]3CCC[C@H](C(F)(F)F)C3)cc2)no1. The predicted molar refractivity (Wildman–Crippen MR) is 89.1 cm³/mol. The van der Waals surface area contributed by atoms with Gasteiger partial charge in [-0.3, -0.25) is 4.79 Å². The maximum Gasteiger partial charge on any atom is 0.391 e. The second-order valence-corrected chi connectivity index (χ2v) is 6.62. The van der Waals surface area contributed by atoms with E-state index in [1.165, 1.54) is 0 Å². The number of hydrogen-bond donors (Lipinski definition) is 1. The molecule has 6 nitrogen and oxygen atoms in total. The normalized spacial score (nSPS) is 20.3. The van der Waals surface area contributed by atoms with Crippen LogP contribution in [0, 0.1) is 12.8 Å². The predicted octanol–water partition coefficient (Wildman–Crippen LogP) is 3.81. The Morgan fingerprint density at radius 1 is 1.30 bits per heavy atom. The van der Waals surface area contributed by atoms with E-state index in [0.29, 0.717) is 35.9 Å². The third-order valence-corrected chi connectivity index (χ3v) is 4.53. The summed E-state index contributed by atoms with van der Waals surface area (Å²) in [7, 11) is 0. The van der Waals surface area contributed by atoms with Crippen molar-refractivity contribution in [2.24, 2.45) is 5.92 Å². The van der Waals surface area contributed by atoms with Gasteiger partial charge in [-0.1, -0.05) is 11.6 Å². The molecule has 0 bridgehead atoms. The highest BCUT2D eigenvalue weighted by atomic mass is 19.4. The van der Waals surface area contributed by atoms with Gasteiger partial charge in [0.25, 0.3) is 5.91 Å². The highest BCUT2D eigenvalue weighted by Gasteiger charge is 2.42. The van der Waals surface area contributed by atoms with Crippen LogP contribution in [0.3, 0.4) is 0 Å². The van der Waals surface area contributed by atoms with Crippen LogP contribution in [0.1, 0.15) is 47.8 Å². The Balaban J connectivity index is 1.52. The number of hydrogen-bond acceptors (Lipinski definition) is 5. The molecule has 146 valence electrons. The van der Waals surface area contributed by atoms with Crippen molar-refractivity contribution in [3.63, 3.8) is 0 Å². The number of nitrogens with one attached hydrogen (secondary N) is 1. The molecule has 9 heteroatoms. The first-order chi connectivity index (χ1) is 12.8. The summed E-state index contributed by atoms with van der Waals surface area (Å²) in [6, 6.07) is 5.89. The molecule has 3 rings (SSSR count). The standard InChI is InChI=1S/C18H20F3N3O3/c1-11-22-16(24-27-11)10-26-15-7-5-12(6-8-15)17(25)23-14-4-2-3-13(9-14)18(19,20)21/h5-8,13-14H,2-4,9-10H2,1H3,(H,23,25)/t13-,14+/m0/s1. The molecule has 0 radical (unpaired) electrons. The largest absolute Gasteiger partial charge is 0.485 e. The molecule has 1 N–H and O–H groups in total. The quantitative estimate of drug-likeness (QED) is 0.850. The third kappa shape index (κ3) is 5.21. The highest BCUT2D eigenvalue weighted by molar-refractivity contribution is 5.94. The van der Waals surface area contributed by atoms with Crippen LogP contribution in [0.4, 0.5) is 13.2 Å². The Morgan fingerprint density at radius 3 is 2.67 bits per heavy atom. The van der Waals surface area contributed by atoms with Gasteiger partial charge in [-0.05, 0) is 43.5 Å². The number of alkyl halides is 3. The number of carbonyl (C=O) groups excluding carboxylic acids is 1. The van der Waals surface area contributed by atoms with Crippen LogP contribution >= 0.6 is 0 Å². The molecule has 1 fully saturated rings. The lowest BCUT2D eigenvalue weighted by Gasteiger charge is -2.31. The van der Waals surface area contributed by atoms with Gasteiger partial charge in [-0.25, -0.2) is 0 Å². The molecule has 0 unspecified atom stereocenters. The number of nitrogens with zero attached hydrogens (tertiary/aromatic N) is 2. The molecule has 2 atom stereocenters. The average molecular weight is 383 g/mol. The molecular weight excluding hydrogens is 363 g/mol. The lowest BCUT2D eigenvalue weighted by Crippen LogP contribution is -2.41. The Labute approximate surface area is 154 Å². The molecular formula is C18H20F3N3O3. The van der Waals surface area contributed by atoms with Crippen molar-refractivity contribution in [1.29, 1.82) is 0 Å². The fourth-order valence-corrected chi connectivity index (χ4v) is 3.14. The summed E-state index contributed by atoms with van der Waals surface area (Å²) in [6.45, 7) is 1.80. The van der Waals surface area contributed by atoms with Crippen molar-refractivity contribution in [1.82, 2.24) is 15.5 Å². The molecule has 27 heavy (non-hydrogen) atoms. The smallest absolute Gasteiger partial charge is 0.391 e. The zero-order valence-electron chi connectivity index (χ0n) is 14.8. The van der Waals surface area contributed by atoms with Gasteiger partial charge in [0.1, 0.15) is 5.75 Å². The van der Waals surface area contributed by atoms with E-state index >= 15 is 0 Å². The van der Waals surface area contributed by atoms with E-state index in [1.807, 2.05) is 0 Å². The van der Waals surface area contributed by atoms with Gasteiger partial charge in [-0.15, -0.1) is 0 Å². The van der Waals surface area contributed by atoms with Crippen LogP contribution < -0.4 is 10.1 Å². The second-order valence-electron chi connectivity index (χ2n) is 6.62. The van der Waals surface area contributed by atoms with Crippen molar-refractivity contribution in [2.75, 3.05) is 0 Å². The molecule has 1 heterocycles. The van der Waals surface area contributed by atoms with Crippen LogP contribution in [0.15, 0.2) is 28.8 Å². The number of amides is 1. The Bertz CT molecular complexity index is 774. The van der Waals surface area contributed by atoms with Crippen LogP contribution in [-0.4, -0.2) is 28.3 Å². The third-order valence-electron chi connectivity index (χ3n) is 4.53. The summed E-state index contributed by atoms with van der Waals surface area (Å²) in [6.07, 6.45) is -3.14. The van der Waals surface area contributed by atoms with Crippen molar-refractivity contribution in [3.8, 4) is 5.75 Å². The Kier molecular flexibility index (Phi) is 5.67. The van der Waals surface area contributed by atoms with Gasteiger partial charge >= 0.3 is 6.18 Å². The van der Waals surface area contributed by atoms with Gasteiger partial charge in [0.05, 0.1) is 5.92 Å². The first kappa shape index (κ1) is 19.2. The molecule has 1 aromatic carbocycles. The lowest BCUT2D eigenvalue weighted by atomic mass is 9.85. The molecule has 2 aromatic rings. The van der Waals surface area contributed by atoms with Gasteiger partial charge in [0.15, 0.2) is 6.61 Å². The number of benzene rings is 1. The number of ether oxygens (including phenoxy) is 1. The van der Waals surface area contributed by atoms with Crippen molar-refractivity contribution in [2.45, 2.75) is 51.4 Å². The first-order valence-electron chi connectivity index (χ1n) is 8.71. The molecule has 1 aromatic heterocycles. The molecule has 1 amide bonds. The molecule has 1 aliphatic rings. The van der Waals surface area contributed by atoms with Gasteiger partial charge in [0.2, 0.25) is 11.7 Å². The number of carbonyl (C=O) groups is 1. The van der Waals surface area contributed by atoms with Crippen LogP contribution in [0.5, 0.6) is 5.75 Å². The summed E-state index contributed by atoms with van der Waals surface area (Å²) < 4.78 is 49.0. The number of halogens is 3. The van der Waals surface area contributed by atoms with E-state index in [2.05, 4.69) is 15.5 Å². The molecule has 1 aliphatic carbocycles. The fraction of sp³-hybridized carbons (Fsp3) is 0.500. The molecule has 0 aliphatic heterocycles. The summed E-state index contributed by atoms with van der Waals surface area (Å²) in [5.41, 5.74) is 0.367. The maximum atomic E-state index is 12.9. The monoisotopic (exact) mass is 383 g/mol. The Morgan fingerprint density at radius 2 is 2.04 bits per heavy atom. The zero-order valence-corrected chi connectivity index (χ0v) is 14.8. The van der Waals surface area contributed by atoms with Crippen molar-refractivity contribution >= 4 is 5.91 Å². The van der Waals surface area contributed by atoms with E-state index in [9.17, 15) is 18.0 Å². The van der Waals surface area contributed by atoms with E-state index in [-0.39, 0.29) is 25.4 Å². The molecule has 1 saturated carbocycles. The number of rotatable bonds is 5. The van der Waals surface area contributed by atoms with E-state index in [4.69, 9.17) is 9.26 Å².